The SMILES string of the molecule is O=C(CCCN1C(=O)c2ccc(Br)cc2C1=O)NNC(=O)c1ccccn1. The van der Waals surface area contributed by atoms with Gasteiger partial charge in [-0.3, -0.25) is 39.9 Å². The Hall–Kier alpha value is -3.07. The van der Waals surface area contributed by atoms with Crippen LogP contribution in [-0.4, -0.2) is 40.1 Å². The zero-order valence-electron chi connectivity index (χ0n) is 14.1. The van der Waals surface area contributed by atoms with Crippen LogP contribution in [0.4, 0.5) is 0 Å². The molecule has 1 aliphatic rings. The Morgan fingerprint density at radius 2 is 1.81 bits per heavy atom. The largest absolute Gasteiger partial charge is 0.288 e. The monoisotopic (exact) mass is 430 g/mol. The fraction of sp³-hybridized carbons (Fsp3) is 0.167. The van der Waals surface area contributed by atoms with E-state index in [0.29, 0.717) is 15.6 Å². The highest BCUT2D eigenvalue weighted by Gasteiger charge is 2.35. The maximum Gasteiger partial charge on any atom is 0.288 e. The van der Waals surface area contributed by atoms with Crippen LogP contribution in [0.2, 0.25) is 0 Å². The molecule has 0 radical (unpaired) electrons. The van der Waals surface area contributed by atoms with E-state index in [9.17, 15) is 19.2 Å². The molecule has 0 fully saturated rings. The average Bonchev–Trinajstić information content (AvgIpc) is 2.91. The summed E-state index contributed by atoms with van der Waals surface area (Å²) < 4.78 is 0.715. The van der Waals surface area contributed by atoms with Gasteiger partial charge >= 0.3 is 0 Å². The number of amides is 4. The summed E-state index contributed by atoms with van der Waals surface area (Å²) in [5.74, 6) is -1.71. The standard InChI is InChI=1S/C18H15BrN4O4/c19-11-6-7-12-13(10-11)18(27)23(17(12)26)9-3-5-15(24)21-22-16(25)14-4-1-2-8-20-14/h1-2,4,6-8,10H,3,5,9H2,(H,21,24)(H,22,25). The van der Waals surface area contributed by atoms with E-state index in [2.05, 4.69) is 31.8 Å². The van der Waals surface area contributed by atoms with Gasteiger partial charge in [0.05, 0.1) is 11.1 Å². The molecule has 0 unspecified atom stereocenters. The maximum absolute atomic E-state index is 12.3. The first-order chi connectivity index (χ1) is 13.0. The lowest BCUT2D eigenvalue weighted by Gasteiger charge is -2.13. The summed E-state index contributed by atoms with van der Waals surface area (Å²) >= 11 is 3.28. The highest BCUT2D eigenvalue weighted by Crippen LogP contribution is 2.26. The number of nitrogens with zero attached hydrogens (tertiary/aromatic N) is 2. The number of nitrogens with one attached hydrogen (secondary N) is 2. The number of halogens is 1. The molecule has 9 heteroatoms. The van der Waals surface area contributed by atoms with Gasteiger partial charge in [-0.15, -0.1) is 0 Å². The molecule has 0 atom stereocenters. The number of fused-ring (bicyclic) bond motifs is 1. The first-order valence-corrected chi connectivity index (χ1v) is 8.92. The predicted molar refractivity (Wildman–Crippen MR) is 98.6 cm³/mol. The summed E-state index contributed by atoms with van der Waals surface area (Å²) in [7, 11) is 0. The normalized spacial score (nSPS) is 12.7. The van der Waals surface area contributed by atoms with Crippen molar-refractivity contribution >= 4 is 39.6 Å². The van der Waals surface area contributed by atoms with Crippen LogP contribution in [0.1, 0.15) is 44.0 Å². The molecule has 138 valence electrons. The molecular weight excluding hydrogens is 416 g/mol. The van der Waals surface area contributed by atoms with E-state index >= 15 is 0 Å². The van der Waals surface area contributed by atoms with Crippen LogP contribution in [0.3, 0.4) is 0 Å². The average molecular weight is 431 g/mol. The minimum Gasteiger partial charge on any atom is -0.274 e. The van der Waals surface area contributed by atoms with Crippen molar-refractivity contribution in [1.29, 1.82) is 0 Å². The number of benzene rings is 1. The number of carbonyl (C=O) groups is 4. The molecule has 0 saturated carbocycles. The lowest BCUT2D eigenvalue weighted by molar-refractivity contribution is -0.122. The van der Waals surface area contributed by atoms with Crippen molar-refractivity contribution in [1.82, 2.24) is 20.7 Å². The van der Waals surface area contributed by atoms with Crippen molar-refractivity contribution in [2.45, 2.75) is 12.8 Å². The zero-order chi connectivity index (χ0) is 19.4. The topological polar surface area (TPSA) is 108 Å². The molecule has 1 aliphatic heterocycles. The lowest BCUT2D eigenvalue weighted by Crippen LogP contribution is -2.42. The molecule has 27 heavy (non-hydrogen) atoms. The first kappa shape index (κ1) is 18.7. The lowest BCUT2D eigenvalue weighted by atomic mass is 10.1. The van der Waals surface area contributed by atoms with Gasteiger partial charge in [-0.1, -0.05) is 22.0 Å². The van der Waals surface area contributed by atoms with E-state index in [1.54, 1.807) is 30.3 Å². The number of hydrogen-bond donors (Lipinski definition) is 2. The molecule has 1 aromatic carbocycles. The van der Waals surface area contributed by atoms with E-state index in [-0.39, 0.29) is 36.9 Å². The van der Waals surface area contributed by atoms with Gasteiger partial charge < -0.3 is 0 Å². The predicted octanol–water partition coefficient (Wildman–Crippen LogP) is 1.68. The summed E-state index contributed by atoms with van der Waals surface area (Å²) in [6.07, 6.45) is 1.79. The minimum absolute atomic E-state index is 0.0413. The van der Waals surface area contributed by atoms with Crippen LogP contribution in [0, 0.1) is 0 Å². The minimum atomic E-state index is -0.533. The molecule has 3 rings (SSSR count). The molecule has 0 aliphatic carbocycles. The third-order valence-electron chi connectivity index (χ3n) is 3.93. The van der Waals surface area contributed by atoms with Gasteiger partial charge in [-0.25, -0.2) is 0 Å². The summed E-state index contributed by atoms with van der Waals surface area (Å²) in [6, 6.07) is 9.75. The maximum atomic E-state index is 12.3. The van der Waals surface area contributed by atoms with Crippen molar-refractivity contribution in [2.24, 2.45) is 0 Å². The van der Waals surface area contributed by atoms with Crippen LogP contribution in [0.25, 0.3) is 0 Å². The van der Waals surface area contributed by atoms with Gasteiger partial charge in [-0.2, -0.15) is 0 Å². The molecule has 0 saturated heterocycles. The van der Waals surface area contributed by atoms with Gasteiger partial charge in [0.1, 0.15) is 5.69 Å². The third kappa shape index (κ3) is 4.20. The molecule has 2 aromatic rings. The van der Waals surface area contributed by atoms with Crippen LogP contribution >= 0.6 is 15.9 Å². The molecular formula is C18H15BrN4O4. The van der Waals surface area contributed by atoms with E-state index in [4.69, 9.17) is 0 Å². The van der Waals surface area contributed by atoms with E-state index in [1.807, 2.05) is 0 Å². The first-order valence-electron chi connectivity index (χ1n) is 8.13. The molecule has 4 amide bonds. The third-order valence-corrected chi connectivity index (χ3v) is 4.42. The second-order valence-electron chi connectivity index (χ2n) is 5.77. The molecule has 0 spiro atoms. The smallest absolute Gasteiger partial charge is 0.274 e. The van der Waals surface area contributed by atoms with Gasteiger partial charge in [-0.05, 0) is 36.8 Å². The van der Waals surface area contributed by atoms with Crippen molar-refractivity contribution < 1.29 is 19.2 Å². The van der Waals surface area contributed by atoms with Gasteiger partial charge in [0.15, 0.2) is 0 Å². The van der Waals surface area contributed by atoms with Gasteiger partial charge in [0, 0.05) is 23.6 Å². The summed E-state index contributed by atoms with van der Waals surface area (Å²) in [6.45, 7) is 0.117. The van der Waals surface area contributed by atoms with Crippen molar-refractivity contribution in [3.8, 4) is 0 Å². The molecule has 2 N–H and O–H groups in total. The number of aromatic nitrogens is 1. The van der Waals surface area contributed by atoms with Crippen molar-refractivity contribution in [3.63, 3.8) is 0 Å². The number of rotatable bonds is 5. The Morgan fingerprint density at radius 3 is 2.56 bits per heavy atom. The van der Waals surface area contributed by atoms with Crippen LogP contribution in [0.5, 0.6) is 0 Å². The number of hydrogen-bond acceptors (Lipinski definition) is 5. The summed E-state index contributed by atoms with van der Waals surface area (Å²) in [4.78, 5) is 53.2. The zero-order valence-corrected chi connectivity index (χ0v) is 15.7. The molecule has 8 nitrogen and oxygen atoms in total. The Labute approximate surface area is 163 Å². The Balaban J connectivity index is 1.46. The Morgan fingerprint density at radius 1 is 1.04 bits per heavy atom. The number of carbonyl (C=O) groups excluding carboxylic acids is 4. The molecule has 2 heterocycles. The van der Waals surface area contributed by atoms with E-state index < -0.39 is 11.8 Å². The highest BCUT2D eigenvalue weighted by molar-refractivity contribution is 9.10. The molecule has 0 bridgehead atoms. The summed E-state index contributed by atoms with van der Waals surface area (Å²) in [5.41, 5.74) is 5.42. The second-order valence-corrected chi connectivity index (χ2v) is 6.69. The molecule has 1 aromatic heterocycles. The van der Waals surface area contributed by atoms with E-state index in [0.717, 1.165) is 4.90 Å². The second kappa shape index (κ2) is 8.09. The van der Waals surface area contributed by atoms with Gasteiger partial charge in [0.25, 0.3) is 17.7 Å². The number of hydrazine groups is 1. The van der Waals surface area contributed by atoms with E-state index in [1.165, 1.54) is 12.3 Å². The summed E-state index contributed by atoms with van der Waals surface area (Å²) in [5, 5.41) is 0. The quantitative estimate of drug-likeness (QED) is 0.553. The number of imide groups is 1. The van der Waals surface area contributed by atoms with Crippen molar-refractivity contribution in [3.05, 3.63) is 63.9 Å². The van der Waals surface area contributed by atoms with Gasteiger partial charge in [0.2, 0.25) is 5.91 Å². The fourth-order valence-electron chi connectivity index (χ4n) is 2.61. The Kier molecular flexibility index (Phi) is 5.60. The fourth-order valence-corrected chi connectivity index (χ4v) is 2.97. The number of pyridine rings is 1. The Bertz CT molecular complexity index is 917. The van der Waals surface area contributed by atoms with Crippen LogP contribution in [-0.2, 0) is 4.79 Å². The van der Waals surface area contributed by atoms with Crippen LogP contribution < -0.4 is 10.9 Å². The highest BCUT2D eigenvalue weighted by atomic mass is 79.9. The van der Waals surface area contributed by atoms with Crippen LogP contribution in [0.15, 0.2) is 47.1 Å². The van der Waals surface area contributed by atoms with Crippen molar-refractivity contribution in [2.75, 3.05) is 6.54 Å².